The van der Waals surface area contributed by atoms with Gasteiger partial charge in [-0.3, -0.25) is 4.79 Å². The molecule has 0 radical (unpaired) electrons. The van der Waals surface area contributed by atoms with Crippen molar-refractivity contribution in [3.05, 3.63) is 23.8 Å². The van der Waals surface area contributed by atoms with E-state index in [0.29, 0.717) is 11.4 Å². The molecule has 0 saturated carbocycles. The highest BCUT2D eigenvalue weighted by atomic mass is 16.5. The Kier molecular flexibility index (Phi) is 5.01. The smallest absolute Gasteiger partial charge is 0.257 e. The van der Waals surface area contributed by atoms with Crippen LogP contribution in [-0.4, -0.2) is 19.1 Å². The van der Waals surface area contributed by atoms with Crippen LogP contribution >= 0.6 is 0 Å². The fourth-order valence-corrected chi connectivity index (χ4v) is 1.21. The predicted octanol–water partition coefficient (Wildman–Crippen LogP) is 0.549. The molecule has 1 rings (SSSR count). The predicted molar refractivity (Wildman–Crippen MR) is 64.3 cm³/mol. The van der Waals surface area contributed by atoms with E-state index in [1.807, 2.05) is 12.1 Å². The van der Waals surface area contributed by atoms with E-state index in [9.17, 15) is 4.79 Å². The molecule has 0 aliphatic heterocycles. The van der Waals surface area contributed by atoms with E-state index in [0.717, 1.165) is 0 Å². The maximum absolute atomic E-state index is 11.3. The molecule has 1 aromatic carbocycles. The lowest BCUT2D eigenvalue weighted by molar-refractivity contribution is -0.123. The normalized spacial score (nSPS) is 9.00. The Labute approximate surface area is 105 Å². The zero-order valence-electron chi connectivity index (χ0n) is 9.64. The third-order valence-corrected chi connectivity index (χ3v) is 2.04. The second kappa shape index (κ2) is 6.77. The summed E-state index contributed by atoms with van der Waals surface area (Å²) in [5, 5.41) is 19.7. The van der Waals surface area contributed by atoms with E-state index in [-0.39, 0.29) is 31.0 Å². The minimum absolute atomic E-state index is 0.204. The van der Waals surface area contributed by atoms with E-state index in [4.69, 9.17) is 21.0 Å². The average Bonchev–Trinajstić information content (AvgIpc) is 2.37. The van der Waals surface area contributed by atoms with E-state index in [2.05, 4.69) is 5.32 Å². The van der Waals surface area contributed by atoms with Gasteiger partial charge in [-0.05, 0) is 18.2 Å². The maximum atomic E-state index is 11.3. The molecular formula is C12H12N4O2. The van der Waals surface area contributed by atoms with E-state index in [1.165, 1.54) is 12.1 Å². The second-order valence-electron chi connectivity index (χ2n) is 3.41. The molecule has 0 unspecified atom stereocenters. The summed E-state index contributed by atoms with van der Waals surface area (Å²) in [5.41, 5.74) is 6.26. The molecule has 0 bridgehead atoms. The molecular weight excluding hydrogens is 232 g/mol. The number of nitrogens with one attached hydrogen (secondary N) is 1. The number of nitrogen functional groups attached to an aromatic ring is 1. The third-order valence-electron chi connectivity index (χ3n) is 2.04. The van der Waals surface area contributed by atoms with Crippen molar-refractivity contribution in [1.82, 2.24) is 5.32 Å². The Morgan fingerprint density at radius 2 is 2.22 bits per heavy atom. The van der Waals surface area contributed by atoms with Gasteiger partial charge < -0.3 is 15.8 Å². The summed E-state index contributed by atoms with van der Waals surface area (Å²) in [5.74, 6) is -0.0342. The molecule has 0 heterocycles. The van der Waals surface area contributed by atoms with Gasteiger partial charge in [-0.15, -0.1) is 0 Å². The van der Waals surface area contributed by atoms with Crippen LogP contribution in [0.25, 0.3) is 0 Å². The molecule has 0 saturated heterocycles. The van der Waals surface area contributed by atoms with Gasteiger partial charge in [0.15, 0.2) is 6.61 Å². The number of hydrogen-bond acceptors (Lipinski definition) is 5. The van der Waals surface area contributed by atoms with Crippen LogP contribution < -0.4 is 15.8 Å². The van der Waals surface area contributed by atoms with Crippen molar-refractivity contribution in [1.29, 1.82) is 10.5 Å². The first-order valence-electron chi connectivity index (χ1n) is 5.23. The van der Waals surface area contributed by atoms with Crippen molar-refractivity contribution >= 4 is 11.6 Å². The number of amides is 1. The highest BCUT2D eigenvalue weighted by molar-refractivity contribution is 5.77. The molecule has 0 aliphatic carbocycles. The minimum Gasteiger partial charge on any atom is -0.482 e. The van der Waals surface area contributed by atoms with Gasteiger partial charge in [-0.2, -0.15) is 10.5 Å². The molecule has 0 spiro atoms. The number of nitrogens with zero attached hydrogens (tertiary/aromatic N) is 2. The Hall–Kier alpha value is -2.73. The van der Waals surface area contributed by atoms with Gasteiger partial charge in [0.25, 0.3) is 5.91 Å². The SMILES string of the molecule is N#CCCNC(=O)COc1ccc(N)cc1C#N. The minimum atomic E-state index is -0.342. The summed E-state index contributed by atoms with van der Waals surface area (Å²) >= 11 is 0. The highest BCUT2D eigenvalue weighted by Crippen LogP contribution is 2.20. The number of hydrogen-bond donors (Lipinski definition) is 2. The quantitative estimate of drug-likeness (QED) is 0.580. The van der Waals surface area contributed by atoms with Crippen LogP contribution in [0.15, 0.2) is 18.2 Å². The molecule has 0 fully saturated rings. The number of nitriles is 2. The Morgan fingerprint density at radius 3 is 2.89 bits per heavy atom. The van der Waals surface area contributed by atoms with Crippen LogP contribution in [0.4, 0.5) is 5.69 Å². The number of rotatable bonds is 5. The summed E-state index contributed by atoms with van der Waals surface area (Å²) in [4.78, 5) is 11.3. The van der Waals surface area contributed by atoms with Gasteiger partial charge in [-0.25, -0.2) is 0 Å². The number of carbonyl (C=O) groups is 1. The fraction of sp³-hybridized carbons (Fsp3) is 0.250. The van der Waals surface area contributed by atoms with Gasteiger partial charge in [0.05, 0.1) is 18.1 Å². The van der Waals surface area contributed by atoms with E-state index in [1.54, 1.807) is 6.07 Å². The molecule has 92 valence electrons. The van der Waals surface area contributed by atoms with Crippen molar-refractivity contribution in [2.45, 2.75) is 6.42 Å². The molecule has 3 N–H and O–H groups in total. The zero-order chi connectivity index (χ0) is 13.4. The topological polar surface area (TPSA) is 112 Å². The lowest BCUT2D eigenvalue weighted by Gasteiger charge is -2.08. The van der Waals surface area contributed by atoms with Gasteiger partial charge in [0.2, 0.25) is 0 Å². The summed E-state index contributed by atoms with van der Waals surface area (Å²) in [7, 11) is 0. The molecule has 0 aliphatic rings. The highest BCUT2D eigenvalue weighted by Gasteiger charge is 2.06. The Balaban J connectivity index is 2.51. The molecule has 6 heteroatoms. The molecule has 0 aromatic heterocycles. The van der Waals surface area contributed by atoms with E-state index >= 15 is 0 Å². The molecule has 18 heavy (non-hydrogen) atoms. The number of anilines is 1. The molecule has 1 amide bonds. The van der Waals surface area contributed by atoms with Crippen LogP contribution in [0.2, 0.25) is 0 Å². The largest absolute Gasteiger partial charge is 0.482 e. The first-order valence-corrected chi connectivity index (χ1v) is 5.23. The first kappa shape index (κ1) is 13.3. The van der Waals surface area contributed by atoms with Crippen molar-refractivity contribution in [2.75, 3.05) is 18.9 Å². The van der Waals surface area contributed by atoms with Gasteiger partial charge >= 0.3 is 0 Å². The zero-order valence-corrected chi connectivity index (χ0v) is 9.64. The lowest BCUT2D eigenvalue weighted by Crippen LogP contribution is -2.29. The number of nitrogens with two attached hydrogens (primary N) is 1. The number of ether oxygens (including phenoxy) is 1. The standard InChI is InChI=1S/C12H12N4O2/c13-4-1-5-16-12(17)8-18-11-3-2-10(15)6-9(11)7-14/h2-3,6H,1,5,8,15H2,(H,16,17). The average molecular weight is 244 g/mol. The van der Waals surface area contributed by atoms with Crippen molar-refractivity contribution in [3.8, 4) is 17.9 Å². The Morgan fingerprint density at radius 1 is 1.44 bits per heavy atom. The Bertz CT molecular complexity index is 514. The van der Waals surface area contributed by atoms with Crippen molar-refractivity contribution < 1.29 is 9.53 Å². The summed E-state index contributed by atoms with van der Waals surface area (Å²) in [6, 6.07) is 8.44. The number of benzene rings is 1. The van der Waals surface area contributed by atoms with Crippen molar-refractivity contribution in [2.24, 2.45) is 0 Å². The molecule has 0 atom stereocenters. The lowest BCUT2D eigenvalue weighted by atomic mass is 10.2. The second-order valence-corrected chi connectivity index (χ2v) is 3.41. The van der Waals surface area contributed by atoms with Crippen LogP contribution in [-0.2, 0) is 4.79 Å². The van der Waals surface area contributed by atoms with Gasteiger partial charge in [-0.1, -0.05) is 0 Å². The summed E-state index contributed by atoms with van der Waals surface area (Å²) < 4.78 is 5.20. The van der Waals surface area contributed by atoms with Crippen LogP contribution in [0.5, 0.6) is 5.75 Å². The van der Waals surface area contributed by atoms with Crippen LogP contribution in [0, 0.1) is 22.7 Å². The maximum Gasteiger partial charge on any atom is 0.257 e. The van der Waals surface area contributed by atoms with E-state index < -0.39 is 0 Å². The molecule has 6 nitrogen and oxygen atoms in total. The monoisotopic (exact) mass is 244 g/mol. The van der Waals surface area contributed by atoms with Gasteiger partial charge in [0, 0.05) is 12.2 Å². The fourth-order valence-electron chi connectivity index (χ4n) is 1.21. The van der Waals surface area contributed by atoms with Crippen LogP contribution in [0.1, 0.15) is 12.0 Å². The third kappa shape index (κ3) is 4.03. The summed E-state index contributed by atoms with van der Waals surface area (Å²) in [6.07, 6.45) is 0.247. The van der Waals surface area contributed by atoms with Crippen LogP contribution in [0.3, 0.4) is 0 Å². The first-order chi connectivity index (χ1) is 8.67. The van der Waals surface area contributed by atoms with Gasteiger partial charge in [0.1, 0.15) is 11.8 Å². The number of carbonyl (C=O) groups excluding carboxylic acids is 1. The molecule has 1 aromatic rings. The van der Waals surface area contributed by atoms with Crippen molar-refractivity contribution in [3.63, 3.8) is 0 Å². The summed E-state index contributed by atoms with van der Waals surface area (Å²) in [6.45, 7) is 0.0789.